The fourth-order valence-electron chi connectivity index (χ4n) is 4.40. The molecule has 2 heterocycles. The second kappa shape index (κ2) is 9.79. The van der Waals surface area contributed by atoms with Gasteiger partial charge in [-0.25, -0.2) is 0 Å². The second-order valence-corrected chi connectivity index (χ2v) is 9.90. The molecule has 1 N–H and O–H groups in total. The second-order valence-electron chi connectivity index (χ2n) is 8.36. The maximum Gasteiger partial charge on any atom is 0.285 e. The number of benzene rings is 2. The molecule has 0 atom stereocenters. The minimum absolute atomic E-state index is 0.0674. The number of piperidine rings is 1. The fourth-order valence-corrected chi connectivity index (χ4v) is 5.88. The Bertz CT molecular complexity index is 1160. The molecule has 0 spiro atoms. The zero-order valence-electron chi connectivity index (χ0n) is 19.0. The van der Waals surface area contributed by atoms with Crippen molar-refractivity contribution in [2.75, 3.05) is 26.7 Å². The molecule has 0 saturated carbocycles. The summed E-state index contributed by atoms with van der Waals surface area (Å²) >= 11 is 0. The van der Waals surface area contributed by atoms with E-state index in [4.69, 9.17) is 4.74 Å². The smallest absolute Gasteiger partial charge is 0.285 e. The molecule has 2 aliphatic heterocycles. The SMILES string of the molecule is COc1ccc(C2=C(C)C(N3CCC(C(=O)NCCc4ccccc4)CC3)=NS2(=O)=O)cc1. The first-order chi connectivity index (χ1) is 15.9. The summed E-state index contributed by atoms with van der Waals surface area (Å²) in [5.74, 6) is 1.15. The molecule has 1 amide bonds. The van der Waals surface area contributed by atoms with Crippen LogP contribution in [0.25, 0.3) is 4.91 Å². The first-order valence-corrected chi connectivity index (χ1v) is 12.6. The van der Waals surface area contributed by atoms with Crippen molar-refractivity contribution >= 4 is 26.7 Å². The normalized spacial score (nSPS) is 18.2. The van der Waals surface area contributed by atoms with Gasteiger partial charge in [-0.2, -0.15) is 8.42 Å². The Morgan fingerprint density at radius 2 is 1.76 bits per heavy atom. The summed E-state index contributed by atoms with van der Waals surface area (Å²) in [4.78, 5) is 14.8. The van der Waals surface area contributed by atoms with Crippen LogP contribution in [-0.2, 0) is 21.2 Å². The van der Waals surface area contributed by atoms with Crippen molar-refractivity contribution < 1.29 is 17.9 Å². The minimum Gasteiger partial charge on any atom is -0.497 e. The average molecular weight is 468 g/mol. The lowest BCUT2D eigenvalue weighted by Crippen LogP contribution is -2.43. The van der Waals surface area contributed by atoms with Crippen molar-refractivity contribution in [2.24, 2.45) is 10.3 Å². The van der Waals surface area contributed by atoms with Gasteiger partial charge in [0.15, 0.2) is 0 Å². The molecule has 4 rings (SSSR count). The van der Waals surface area contributed by atoms with Gasteiger partial charge in [0.2, 0.25) is 5.91 Å². The van der Waals surface area contributed by atoms with Crippen LogP contribution in [0.5, 0.6) is 5.75 Å². The van der Waals surface area contributed by atoms with Crippen molar-refractivity contribution in [1.29, 1.82) is 0 Å². The van der Waals surface area contributed by atoms with Crippen LogP contribution in [-0.4, -0.2) is 51.8 Å². The number of likely N-dealkylation sites (tertiary alicyclic amines) is 1. The summed E-state index contributed by atoms with van der Waals surface area (Å²) in [6.07, 6.45) is 2.14. The van der Waals surface area contributed by atoms with Gasteiger partial charge in [-0.1, -0.05) is 30.3 Å². The third-order valence-electron chi connectivity index (χ3n) is 6.21. The number of rotatable bonds is 6. The zero-order valence-corrected chi connectivity index (χ0v) is 19.8. The molecule has 0 unspecified atom stereocenters. The molecule has 0 aliphatic carbocycles. The van der Waals surface area contributed by atoms with E-state index in [2.05, 4.69) is 21.8 Å². The number of carbonyl (C=O) groups is 1. The predicted molar refractivity (Wildman–Crippen MR) is 129 cm³/mol. The van der Waals surface area contributed by atoms with Gasteiger partial charge >= 0.3 is 0 Å². The van der Waals surface area contributed by atoms with Gasteiger partial charge in [-0.15, -0.1) is 4.40 Å². The monoisotopic (exact) mass is 467 g/mol. The first-order valence-electron chi connectivity index (χ1n) is 11.2. The van der Waals surface area contributed by atoms with Crippen LogP contribution in [0.1, 0.15) is 30.9 Å². The molecule has 1 saturated heterocycles. The molecule has 33 heavy (non-hydrogen) atoms. The van der Waals surface area contributed by atoms with Crippen molar-refractivity contribution in [3.8, 4) is 5.75 Å². The number of amidine groups is 1. The van der Waals surface area contributed by atoms with E-state index in [0.29, 0.717) is 55.2 Å². The van der Waals surface area contributed by atoms with Crippen molar-refractivity contribution in [2.45, 2.75) is 26.2 Å². The number of methoxy groups -OCH3 is 1. The molecule has 2 aromatic rings. The highest BCUT2D eigenvalue weighted by Gasteiger charge is 2.35. The Labute approximate surface area is 195 Å². The molecule has 2 aromatic carbocycles. The summed E-state index contributed by atoms with van der Waals surface area (Å²) in [5.41, 5.74) is 2.44. The fraction of sp³-hybridized carbons (Fsp3) is 0.360. The van der Waals surface area contributed by atoms with Crippen LogP contribution in [0.4, 0.5) is 0 Å². The topological polar surface area (TPSA) is 88.1 Å². The Kier molecular flexibility index (Phi) is 6.83. The number of ether oxygens (including phenoxy) is 1. The van der Waals surface area contributed by atoms with Crippen LogP contribution >= 0.6 is 0 Å². The molecule has 0 aromatic heterocycles. The van der Waals surface area contributed by atoms with Gasteiger partial charge in [0.25, 0.3) is 10.0 Å². The number of nitrogens with zero attached hydrogens (tertiary/aromatic N) is 2. The lowest BCUT2D eigenvalue weighted by Gasteiger charge is -2.32. The minimum atomic E-state index is -3.77. The maximum atomic E-state index is 12.8. The largest absolute Gasteiger partial charge is 0.497 e. The zero-order chi connectivity index (χ0) is 23.4. The van der Waals surface area contributed by atoms with E-state index in [1.54, 1.807) is 38.3 Å². The van der Waals surface area contributed by atoms with Crippen LogP contribution in [0.2, 0.25) is 0 Å². The van der Waals surface area contributed by atoms with Crippen molar-refractivity contribution in [1.82, 2.24) is 10.2 Å². The Morgan fingerprint density at radius 1 is 1.09 bits per heavy atom. The number of amides is 1. The molecule has 8 heteroatoms. The molecule has 2 aliphatic rings. The average Bonchev–Trinajstić information content (AvgIpc) is 3.08. The van der Waals surface area contributed by atoms with Gasteiger partial charge in [0.05, 0.1) is 7.11 Å². The third-order valence-corrected chi connectivity index (χ3v) is 7.68. The first kappa shape index (κ1) is 23.0. The van der Waals surface area contributed by atoms with Gasteiger partial charge < -0.3 is 15.0 Å². The van der Waals surface area contributed by atoms with E-state index in [1.807, 2.05) is 23.1 Å². The lowest BCUT2D eigenvalue weighted by atomic mass is 9.95. The highest BCUT2D eigenvalue weighted by atomic mass is 32.2. The Hall–Kier alpha value is -3.13. The van der Waals surface area contributed by atoms with E-state index in [-0.39, 0.29) is 16.7 Å². The van der Waals surface area contributed by atoms with E-state index < -0.39 is 10.0 Å². The summed E-state index contributed by atoms with van der Waals surface area (Å²) < 4.78 is 34.9. The van der Waals surface area contributed by atoms with E-state index in [1.165, 1.54) is 5.56 Å². The number of sulfonamides is 1. The van der Waals surface area contributed by atoms with Gasteiger partial charge in [-0.05, 0) is 61.6 Å². The number of hydrogen-bond acceptors (Lipinski definition) is 5. The standard InChI is InChI=1S/C25H29N3O4S/c1-18-23(20-8-10-22(32-2)11-9-20)33(30,31)27-24(18)28-16-13-21(14-17-28)25(29)26-15-12-19-6-4-3-5-7-19/h3-11,21H,12-17H2,1-2H3,(H,26,29). The van der Waals surface area contributed by atoms with Crippen LogP contribution in [0.3, 0.4) is 0 Å². The van der Waals surface area contributed by atoms with Gasteiger partial charge in [0.1, 0.15) is 16.5 Å². The third kappa shape index (κ3) is 5.11. The van der Waals surface area contributed by atoms with E-state index in [0.717, 1.165) is 6.42 Å². The molecule has 0 radical (unpaired) electrons. The summed E-state index contributed by atoms with van der Waals surface area (Å²) in [7, 11) is -2.20. The van der Waals surface area contributed by atoms with Gasteiger partial charge in [0, 0.05) is 31.1 Å². The molecule has 174 valence electrons. The molecule has 7 nitrogen and oxygen atoms in total. The van der Waals surface area contributed by atoms with E-state index in [9.17, 15) is 13.2 Å². The number of carbonyl (C=O) groups excluding carboxylic acids is 1. The summed E-state index contributed by atoms with van der Waals surface area (Å²) in [6, 6.07) is 17.0. The van der Waals surface area contributed by atoms with Crippen molar-refractivity contribution in [3.05, 3.63) is 71.3 Å². The van der Waals surface area contributed by atoms with Crippen LogP contribution < -0.4 is 10.1 Å². The predicted octanol–water partition coefficient (Wildman–Crippen LogP) is 3.24. The van der Waals surface area contributed by atoms with Gasteiger partial charge in [-0.3, -0.25) is 4.79 Å². The molecular formula is C25H29N3O4S. The Morgan fingerprint density at radius 3 is 2.39 bits per heavy atom. The number of hydrogen-bond donors (Lipinski definition) is 1. The number of nitrogens with one attached hydrogen (secondary N) is 1. The quantitative estimate of drug-likeness (QED) is 0.705. The highest BCUT2D eigenvalue weighted by molar-refractivity contribution is 8.00. The molecular weight excluding hydrogens is 438 g/mol. The summed E-state index contributed by atoms with van der Waals surface area (Å²) in [6.45, 7) is 3.60. The molecule has 1 fully saturated rings. The summed E-state index contributed by atoms with van der Waals surface area (Å²) in [5, 5.41) is 3.04. The lowest BCUT2D eigenvalue weighted by molar-refractivity contribution is -0.126. The van der Waals surface area contributed by atoms with Crippen LogP contribution in [0, 0.1) is 5.92 Å². The highest BCUT2D eigenvalue weighted by Crippen LogP contribution is 2.35. The van der Waals surface area contributed by atoms with Crippen molar-refractivity contribution in [3.63, 3.8) is 0 Å². The van der Waals surface area contributed by atoms with E-state index >= 15 is 0 Å². The maximum absolute atomic E-state index is 12.8. The van der Waals surface area contributed by atoms with Crippen LogP contribution in [0.15, 0.2) is 64.6 Å². The molecule has 0 bridgehead atoms. The Balaban J connectivity index is 1.36.